The van der Waals surface area contributed by atoms with Crippen LogP contribution in [0.2, 0.25) is 0 Å². The van der Waals surface area contributed by atoms with E-state index >= 15 is 0 Å². The third-order valence-corrected chi connectivity index (χ3v) is 3.18. The highest BCUT2D eigenvalue weighted by Gasteiger charge is 2.22. The standard InChI is InChI=1S/C14H16N2O2/c1-10-4-6-12(18-10)9-17-13-7-5-11-3-2-8-15-14(11)16-13/h2-3,5,7-8,10,12H,4,6,9H2,1H3/t10-,12-/m0/s1. The molecule has 3 heterocycles. The molecule has 2 aromatic heterocycles. The summed E-state index contributed by atoms with van der Waals surface area (Å²) in [6.07, 6.45) is 4.46. The van der Waals surface area contributed by atoms with Crippen LogP contribution in [-0.4, -0.2) is 28.8 Å². The molecule has 0 radical (unpaired) electrons. The van der Waals surface area contributed by atoms with Crippen LogP contribution in [0.3, 0.4) is 0 Å². The molecular weight excluding hydrogens is 228 g/mol. The number of hydrogen-bond donors (Lipinski definition) is 0. The Balaban J connectivity index is 1.67. The first kappa shape index (κ1) is 11.4. The van der Waals surface area contributed by atoms with E-state index in [9.17, 15) is 0 Å². The highest BCUT2D eigenvalue weighted by atomic mass is 16.5. The van der Waals surface area contributed by atoms with Crippen molar-refractivity contribution in [3.05, 3.63) is 30.5 Å². The average molecular weight is 244 g/mol. The fraction of sp³-hybridized carbons (Fsp3) is 0.429. The molecule has 1 aliphatic rings. The van der Waals surface area contributed by atoms with Crippen LogP contribution in [0.15, 0.2) is 30.5 Å². The molecule has 94 valence electrons. The van der Waals surface area contributed by atoms with Gasteiger partial charge < -0.3 is 9.47 Å². The summed E-state index contributed by atoms with van der Waals surface area (Å²) >= 11 is 0. The van der Waals surface area contributed by atoms with E-state index in [1.807, 2.05) is 24.3 Å². The van der Waals surface area contributed by atoms with Gasteiger partial charge in [0, 0.05) is 17.6 Å². The van der Waals surface area contributed by atoms with Crippen molar-refractivity contribution in [2.24, 2.45) is 0 Å². The van der Waals surface area contributed by atoms with E-state index in [-0.39, 0.29) is 6.10 Å². The van der Waals surface area contributed by atoms with Gasteiger partial charge in [0.05, 0.1) is 12.2 Å². The van der Waals surface area contributed by atoms with Crippen molar-refractivity contribution in [1.29, 1.82) is 0 Å². The maximum atomic E-state index is 5.70. The van der Waals surface area contributed by atoms with Crippen molar-refractivity contribution < 1.29 is 9.47 Å². The van der Waals surface area contributed by atoms with E-state index in [1.54, 1.807) is 6.20 Å². The Morgan fingerprint density at radius 1 is 1.33 bits per heavy atom. The first-order chi connectivity index (χ1) is 8.81. The molecule has 0 spiro atoms. The Bertz CT molecular complexity index is 544. The molecule has 0 aromatic carbocycles. The van der Waals surface area contributed by atoms with Crippen LogP contribution >= 0.6 is 0 Å². The topological polar surface area (TPSA) is 44.2 Å². The smallest absolute Gasteiger partial charge is 0.215 e. The molecule has 0 saturated carbocycles. The Hall–Kier alpha value is -1.68. The molecule has 18 heavy (non-hydrogen) atoms. The summed E-state index contributed by atoms with van der Waals surface area (Å²) in [5.41, 5.74) is 0.718. The van der Waals surface area contributed by atoms with Crippen LogP contribution in [0.5, 0.6) is 5.88 Å². The largest absolute Gasteiger partial charge is 0.475 e. The van der Waals surface area contributed by atoms with Gasteiger partial charge in [-0.2, -0.15) is 4.98 Å². The predicted molar refractivity (Wildman–Crippen MR) is 68.6 cm³/mol. The molecule has 0 amide bonds. The number of ether oxygens (including phenoxy) is 2. The minimum absolute atomic E-state index is 0.196. The number of pyridine rings is 2. The molecule has 1 saturated heterocycles. The molecule has 1 aliphatic heterocycles. The maximum absolute atomic E-state index is 5.70. The fourth-order valence-electron chi connectivity index (χ4n) is 2.20. The quantitative estimate of drug-likeness (QED) is 0.832. The van der Waals surface area contributed by atoms with Crippen molar-refractivity contribution in [2.45, 2.75) is 32.0 Å². The predicted octanol–water partition coefficient (Wildman–Crippen LogP) is 2.58. The minimum Gasteiger partial charge on any atom is -0.475 e. The number of aromatic nitrogens is 2. The van der Waals surface area contributed by atoms with Gasteiger partial charge in [-0.1, -0.05) is 0 Å². The lowest BCUT2D eigenvalue weighted by Gasteiger charge is -2.12. The molecule has 0 N–H and O–H groups in total. The zero-order chi connectivity index (χ0) is 12.4. The molecule has 0 bridgehead atoms. The summed E-state index contributed by atoms with van der Waals surface area (Å²) in [5.74, 6) is 0.615. The second kappa shape index (κ2) is 4.90. The van der Waals surface area contributed by atoms with Gasteiger partial charge in [0.1, 0.15) is 6.61 Å². The van der Waals surface area contributed by atoms with Gasteiger partial charge in [0.25, 0.3) is 0 Å². The van der Waals surface area contributed by atoms with Crippen LogP contribution < -0.4 is 4.74 Å². The second-order valence-corrected chi connectivity index (χ2v) is 4.66. The first-order valence-corrected chi connectivity index (χ1v) is 6.31. The van der Waals surface area contributed by atoms with Gasteiger partial charge >= 0.3 is 0 Å². The fourth-order valence-corrected chi connectivity index (χ4v) is 2.20. The van der Waals surface area contributed by atoms with E-state index in [2.05, 4.69) is 16.9 Å². The summed E-state index contributed by atoms with van der Waals surface area (Å²) in [6.45, 7) is 2.66. The molecular formula is C14H16N2O2. The van der Waals surface area contributed by atoms with E-state index in [4.69, 9.17) is 9.47 Å². The maximum Gasteiger partial charge on any atom is 0.215 e. The third kappa shape index (κ3) is 2.43. The van der Waals surface area contributed by atoms with Gasteiger partial charge in [-0.3, -0.25) is 0 Å². The lowest BCUT2D eigenvalue weighted by molar-refractivity contribution is 0.0255. The monoisotopic (exact) mass is 244 g/mol. The summed E-state index contributed by atoms with van der Waals surface area (Å²) in [5, 5.41) is 1.02. The van der Waals surface area contributed by atoms with Crippen molar-refractivity contribution >= 4 is 11.0 Å². The molecule has 1 fully saturated rings. The van der Waals surface area contributed by atoms with Crippen LogP contribution in [0, 0.1) is 0 Å². The number of nitrogens with zero attached hydrogens (tertiary/aromatic N) is 2. The normalized spacial score (nSPS) is 23.4. The van der Waals surface area contributed by atoms with E-state index in [0.29, 0.717) is 18.6 Å². The molecule has 0 unspecified atom stereocenters. The number of fused-ring (bicyclic) bond motifs is 1. The number of rotatable bonds is 3. The first-order valence-electron chi connectivity index (χ1n) is 6.31. The van der Waals surface area contributed by atoms with Crippen LogP contribution in [0.4, 0.5) is 0 Å². The summed E-state index contributed by atoms with van der Waals surface area (Å²) < 4.78 is 11.4. The molecule has 4 nitrogen and oxygen atoms in total. The summed E-state index contributed by atoms with van der Waals surface area (Å²) in [6, 6.07) is 7.74. The van der Waals surface area contributed by atoms with Gasteiger partial charge in [0.2, 0.25) is 5.88 Å². The Morgan fingerprint density at radius 3 is 3.11 bits per heavy atom. The van der Waals surface area contributed by atoms with Crippen molar-refractivity contribution in [1.82, 2.24) is 9.97 Å². The highest BCUT2D eigenvalue weighted by molar-refractivity contribution is 5.74. The van der Waals surface area contributed by atoms with Gasteiger partial charge in [-0.15, -0.1) is 0 Å². The Kier molecular flexibility index (Phi) is 3.11. The van der Waals surface area contributed by atoms with Crippen LogP contribution in [0.1, 0.15) is 19.8 Å². The minimum atomic E-state index is 0.196. The zero-order valence-corrected chi connectivity index (χ0v) is 10.4. The second-order valence-electron chi connectivity index (χ2n) is 4.66. The van der Waals surface area contributed by atoms with Gasteiger partial charge in [-0.05, 0) is 38.0 Å². The van der Waals surface area contributed by atoms with Gasteiger partial charge in [-0.25, -0.2) is 4.98 Å². The molecule has 3 rings (SSSR count). The molecule has 2 aromatic rings. The van der Waals surface area contributed by atoms with Crippen LogP contribution in [-0.2, 0) is 4.74 Å². The average Bonchev–Trinajstić information content (AvgIpc) is 2.82. The van der Waals surface area contributed by atoms with Crippen molar-refractivity contribution in [2.75, 3.05) is 6.61 Å². The lowest BCUT2D eigenvalue weighted by atomic mass is 10.2. The Morgan fingerprint density at radius 2 is 2.28 bits per heavy atom. The lowest BCUT2D eigenvalue weighted by Crippen LogP contribution is -2.18. The van der Waals surface area contributed by atoms with Gasteiger partial charge in [0.15, 0.2) is 5.65 Å². The Labute approximate surface area is 106 Å². The molecule has 4 heteroatoms. The molecule has 0 aliphatic carbocycles. The van der Waals surface area contributed by atoms with Crippen LogP contribution in [0.25, 0.3) is 11.0 Å². The summed E-state index contributed by atoms with van der Waals surface area (Å²) in [7, 11) is 0. The molecule has 2 atom stereocenters. The van der Waals surface area contributed by atoms with Crippen molar-refractivity contribution in [3.8, 4) is 5.88 Å². The summed E-state index contributed by atoms with van der Waals surface area (Å²) in [4.78, 5) is 8.58. The van der Waals surface area contributed by atoms with E-state index in [0.717, 1.165) is 23.9 Å². The third-order valence-electron chi connectivity index (χ3n) is 3.18. The SMILES string of the molecule is C[C@H]1CC[C@@H](COc2ccc3cccnc3n2)O1. The zero-order valence-electron chi connectivity index (χ0n) is 10.4. The number of hydrogen-bond acceptors (Lipinski definition) is 4. The van der Waals surface area contributed by atoms with E-state index in [1.165, 1.54) is 0 Å². The highest BCUT2D eigenvalue weighted by Crippen LogP contribution is 2.20. The van der Waals surface area contributed by atoms with E-state index < -0.39 is 0 Å². The van der Waals surface area contributed by atoms with Crippen molar-refractivity contribution in [3.63, 3.8) is 0 Å².